The number of aromatic nitrogens is 1. The van der Waals surface area contributed by atoms with E-state index in [9.17, 15) is 18.0 Å². The molecule has 1 saturated heterocycles. The van der Waals surface area contributed by atoms with Crippen LogP contribution in [-0.4, -0.2) is 48.7 Å². The van der Waals surface area contributed by atoms with Gasteiger partial charge in [0.25, 0.3) is 0 Å². The van der Waals surface area contributed by atoms with Gasteiger partial charge in [-0.25, -0.2) is 8.42 Å². The van der Waals surface area contributed by atoms with E-state index in [0.29, 0.717) is 31.5 Å². The van der Waals surface area contributed by atoms with Crippen LogP contribution in [0.15, 0.2) is 85.2 Å². The zero-order chi connectivity index (χ0) is 27.2. The smallest absolute Gasteiger partial charge is 0.239 e. The summed E-state index contributed by atoms with van der Waals surface area (Å²) < 4.78 is 27.1. The molecule has 2 heterocycles. The van der Waals surface area contributed by atoms with Crippen LogP contribution in [0.4, 0.5) is 0 Å². The van der Waals surface area contributed by atoms with Gasteiger partial charge in [0.1, 0.15) is 6.04 Å². The van der Waals surface area contributed by atoms with Crippen molar-refractivity contribution in [1.82, 2.24) is 19.9 Å². The Morgan fingerprint density at radius 2 is 1.58 bits per heavy atom. The molecule has 8 nitrogen and oxygen atoms in total. The number of piperidine rings is 1. The molecule has 0 radical (unpaired) electrons. The number of pyridine rings is 1. The summed E-state index contributed by atoms with van der Waals surface area (Å²) in [4.78, 5) is 28.7. The number of hydrogen-bond donors (Lipinski definition) is 2. The molecule has 4 rings (SSSR count). The Balaban J connectivity index is 0.000000690. The van der Waals surface area contributed by atoms with Crippen molar-refractivity contribution in [3.8, 4) is 0 Å². The van der Waals surface area contributed by atoms with Gasteiger partial charge in [-0.15, -0.1) is 0 Å². The number of aryl methyl sites for hydroxylation is 1. The standard InChI is InChI=1S/C21H26N4O4S.C8H10.2H2/c26-20(23-14-18-9-6-11-22-13-18)15-24-21(27)19-10-4-5-12-25(19)30(28,29)16-17-7-2-1-3-8-17;1-2-8-6-4-3-5-7-8;;/h1-3,6-9,11,13,19H,4-5,10,12,14-16H2,(H,23,26)(H,24,27);3-7H,2H2,1H3;2*1H/t19-;;;/m0.../s1. The molecule has 3 aromatic rings. The van der Waals surface area contributed by atoms with Gasteiger partial charge in [0, 0.05) is 28.3 Å². The highest BCUT2D eigenvalue weighted by Gasteiger charge is 2.36. The lowest BCUT2D eigenvalue weighted by atomic mass is 10.0. The summed E-state index contributed by atoms with van der Waals surface area (Å²) in [6.07, 6.45) is 6.35. The van der Waals surface area contributed by atoms with Crippen LogP contribution in [0, 0.1) is 0 Å². The molecule has 2 amide bonds. The lowest BCUT2D eigenvalue weighted by molar-refractivity contribution is -0.129. The van der Waals surface area contributed by atoms with Crippen LogP contribution in [0.2, 0.25) is 0 Å². The molecule has 0 spiro atoms. The van der Waals surface area contributed by atoms with E-state index in [1.807, 2.05) is 18.2 Å². The third-order valence-electron chi connectivity index (χ3n) is 6.19. The largest absolute Gasteiger partial charge is 0.350 e. The highest BCUT2D eigenvalue weighted by Crippen LogP contribution is 2.23. The maximum Gasteiger partial charge on any atom is 0.239 e. The number of hydrogen-bond acceptors (Lipinski definition) is 5. The highest BCUT2D eigenvalue weighted by atomic mass is 32.2. The second kappa shape index (κ2) is 15.0. The van der Waals surface area contributed by atoms with Crippen molar-refractivity contribution >= 4 is 21.8 Å². The van der Waals surface area contributed by atoms with Crippen molar-refractivity contribution in [2.24, 2.45) is 0 Å². The second-order valence-corrected chi connectivity index (χ2v) is 11.0. The number of benzene rings is 2. The molecule has 1 fully saturated rings. The number of nitrogens with one attached hydrogen (secondary N) is 2. The Labute approximate surface area is 228 Å². The SMILES string of the molecule is CCc1ccccc1.O=C(CNC(=O)[C@@H]1CCCCN1S(=O)(=O)Cc1ccccc1)NCc1cccnc1.[HH].[HH]. The van der Waals surface area contributed by atoms with Crippen LogP contribution < -0.4 is 10.6 Å². The molecule has 1 aliphatic rings. The summed E-state index contributed by atoms with van der Waals surface area (Å²) in [6, 6.07) is 22.2. The predicted octanol–water partition coefficient (Wildman–Crippen LogP) is 3.94. The van der Waals surface area contributed by atoms with Crippen molar-refractivity contribution < 1.29 is 20.9 Å². The zero-order valence-corrected chi connectivity index (χ0v) is 22.6. The third kappa shape index (κ3) is 9.39. The van der Waals surface area contributed by atoms with Gasteiger partial charge >= 0.3 is 0 Å². The van der Waals surface area contributed by atoms with Crippen molar-refractivity contribution in [3.63, 3.8) is 0 Å². The molecule has 38 heavy (non-hydrogen) atoms. The molecular weight excluding hydrogens is 500 g/mol. The van der Waals surface area contributed by atoms with E-state index in [1.54, 1.807) is 42.7 Å². The van der Waals surface area contributed by atoms with E-state index in [4.69, 9.17) is 0 Å². The van der Waals surface area contributed by atoms with Gasteiger partial charge in [-0.1, -0.05) is 80.1 Å². The number of carbonyl (C=O) groups is 2. The molecule has 2 aromatic carbocycles. The number of carbonyl (C=O) groups excluding carboxylic acids is 2. The van der Waals surface area contributed by atoms with E-state index in [-0.39, 0.29) is 21.1 Å². The first-order valence-electron chi connectivity index (χ1n) is 12.9. The minimum atomic E-state index is -3.65. The fraction of sp³-hybridized carbons (Fsp3) is 0.345. The first-order chi connectivity index (χ1) is 18.4. The normalized spacial score (nSPS) is 15.6. The first kappa shape index (κ1) is 29.0. The van der Waals surface area contributed by atoms with Gasteiger partial charge in [0.2, 0.25) is 21.8 Å². The molecule has 2 N–H and O–H groups in total. The molecule has 1 atom stereocenters. The molecular formula is C29H40N4O4S. The van der Waals surface area contributed by atoms with Crippen molar-refractivity contribution in [1.29, 1.82) is 0 Å². The van der Waals surface area contributed by atoms with Crippen LogP contribution in [0.5, 0.6) is 0 Å². The van der Waals surface area contributed by atoms with Crippen molar-refractivity contribution in [2.75, 3.05) is 13.1 Å². The maximum atomic E-state index is 12.9. The monoisotopic (exact) mass is 540 g/mol. The molecule has 0 unspecified atom stereocenters. The fourth-order valence-electron chi connectivity index (χ4n) is 4.13. The third-order valence-corrected chi connectivity index (χ3v) is 8.04. The van der Waals surface area contributed by atoms with Gasteiger partial charge < -0.3 is 10.6 Å². The Hall–Kier alpha value is -3.56. The van der Waals surface area contributed by atoms with E-state index in [0.717, 1.165) is 18.4 Å². The molecule has 0 aliphatic carbocycles. The maximum absolute atomic E-state index is 12.9. The van der Waals surface area contributed by atoms with Crippen LogP contribution in [-0.2, 0) is 38.3 Å². The van der Waals surface area contributed by atoms with E-state index in [1.165, 1.54) is 9.87 Å². The molecule has 0 saturated carbocycles. The van der Waals surface area contributed by atoms with Crippen LogP contribution in [0.1, 0.15) is 45.7 Å². The Bertz CT molecular complexity index is 1250. The van der Waals surface area contributed by atoms with E-state index in [2.05, 4.69) is 46.8 Å². The van der Waals surface area contributed by atoms with Crippen LogP contribution in [0.25, 0.3) is 0 Å². The quantitative estimate of drug-likeness (QED) is 0.427. The summed E-state index contributed by atoms with van der Waals surface area (Å²) >= 11 is 0. The second-order valence-electron chi connectivity index (χ2n) is 9.06. The van der Waals surface area contributed by atoms with Gasteiger partial charge in [-0.2, -0.15) is 4.31 Å². The lowest BCUT2D eigenvalue weighted by Gasteiger charge is -2.33. The summed E-state index contributed by atoms with van der Waals surface area (Å²) in [5.41, 5.74) is 2.94. The van der Waals surface area contributed by atoms with Crippen LogP contribution >= 0.6 is 0 Å². The van der Waals surface area contributed by atoms with E-state index >= 15 is 0 Å². The molecule has 206 valence electrons. The minimum Gasteiger partial charge on any atom is -0.350 e. The number of amides is 2. The van der Waals surface area contributed by atoms with Crippen LogP contribution in [0.3, 0.4) is 0 Å². The number of sulfonamides is 1. The average Bonchev–Trinajstić information content (AvgIpc) is 2.96. The van der Waals surface area contributed by atoms with Crippen molar-refractivity contribution in [3.05, 3.63) is 102 Å². The molecule has 0 bridgehead atoms. The number of nitrogens with zero attached hydrogens (tertiary/aromatic N) is 2. The summed E-state index contributed by atoms with van der Waals surface area (Å²) in [7, 11) is -3.65. The Kier molecular flexibility index (Phi) is 11.4. The predicted molar refractivity (Wildman–Crippen MR) is 153 cm³/mol. The van der Waals surface area contributed by atoms with Gasteiger partial charge in [0.05, 0.1) is 12.3 Å². The van der Waals surface area contributed by atoms with Gasteiger partial charge in [-0.3, -0.25) is 14.6 Å². The van der Waals surface area contributed by atoms with Gasteiger partial charge in [0.15, 0.2) is 0 Å². The Morgan fingerprint density at radius 1 is 0.921 bits per heavy atom. The average molecular weight is 541 g/mol. The molecule has 9 heteroatoms. The molecule has 1 aromatic heterocycles. The zero-order valence-electron chi connectivity index (χ0n) is 21.8. The molecule has 1 aliphatic heterocycles. The lowest BCUT2D eigenvalue weighted by Crippen LogP contribution is -2.53. The van der Waals surface area contributed by atoms with E-state index < -0.39 is 22.0 Å². The van der Waals surface area contributed by atoms with Gasteiger partial charge in [-0.05, 0) is 42.0 Å². The first-order valence-corrected chi connectivity index (χ1v) is 14.5. The van der Waals surface area contributed by atoms with Crippen molar-refractivity contribution in [2.45, 2.75) is 50.9 Å². The topological polar surface area (TPSA) is 108 Å². The summed E-state index contributed by atoms with van der Waals surface area (Å²) in [6.45, 7) is 2.57. The minimum absolute atomic E-state index is 0. The summed E-state index contributed by atoms with van der Waals surface area (Å²) in [5, 5.41) is 5.29. The Morgan fingerprint density at radius 3 is 2.18 bits per heavy atom. The number of rotatable bonds is 9. The highest BCUT2D eigenvalue weighted by molar-refractivity contribution is 7.88. The fourth-order valence-corrected chi connectivity index (χ4v) is 5.91. The summed E-state index contributed by atoms with van der Waals surface area (Å²) in [5.74, 6) is -0.937.